The van der Waals surface area contributed by atoms with E-state index in [4.69, 9.17) is 16.3 Å². The number of methoxy groups -OCH3 is 1. The molecular formula is C32H40ClN3O5S. The molecule has 0 bridgehead atoms. The summed E-state index contributed by atoms with van der Waals surface area (Å²) in [7, 11) is -2.18. The summed E-state index contributed by atoms with van der Waals surface area (Å²) in [6.07, 6.45) is 1.74. The summed E-state index contributed by atoms with van der Waals surface area (Å²) in [5.74, 6) is -0.0435. The van der Waals surface area contributed by atoms with Crippen molar-refractivity contribution < 1.29 is 22.7 Å². The van der Waals surface area contributed by atoms with Crippen molar-refractivity contribution >= 4 is 39.1 Å². The molecule has 0 fully saturated rings. The van der Waals surface area contributed by atoms with Crippen LogP contribution >= 0.6 is 11.6 Å². The van der Waals surface area contributed by atoms with Crippen LogP contribution in [-0.4, -0.2) is 57.1 Å². The zero-order chi connectivity index (χ0) is 30.9. The van der Waals surface area contributed by atoms with E-state index in [1.54, 1.807) is 17.0 Å². The highest BCUT2D eigenvalue weighted by Gasteiger charge is 2.31. The van der Waals surface area contributed by atoms with Gasteiger partial charge in [-0.15, -0.1) is 0 Å². The van der Waals surface area contributed by atoms with Crippen LogP contribution in [-0.2, 0) is 32.6 Å². The molecule has 0 spiro atoms. The fourth-order valence-corrected chi connectivity index (χ4v) is 5.97. The van der Waals surface area contributed by atoms with Gasteiger partial charge >= 0.3 is 0 Å². The molecule has 0 saturated heterocycles. The Morgan fingerprint density at radius 3 is 2.26 bits per heavy atom. The number of aryl methyl sites for hydroxylation is 1. The van der Waals surface area contributed by atoms with Crippen molar-refractivity contribution in [2.24, 2.45) is 0 Å². The van der Waals surface area contributed by atoms with Crippen LogP contribution in [0.2, 0.25) is 5.02 Å². The van der Waals surface area contributed by atoms with E-state index in [0.29, 0.717) is 17.9 Å². The predicted octanol–water partition coefficient (Wildman–Crippen LogP) is 5.37. The zero-order valence-electron chi connectivity index (χ0n) is 24.8. The summed E-state index contributed by atoms with van der Waals surface area (Å²) >= 11 is 6.26. The normalized spacial score (nSPS) is 12.1. The SMILES string of the molecule is COc1ccc(N(CCCC(=O)N(Cc2cccc(C)c2)[C@H](Cc2ccccc2)C(=O)NC(C)C)S(C)(=O)=O)cc1Cl. The minimum atomic E-state index is -3.66. The summed E-state index contributed by atoms with van der Waals surface area (Å²) in [6, 6.07) is 21.3. The maximum absolute atomic E-state index is 13.9. The minimum Gasteiger partial charge on any atom is -0.495 e. The number of rotatable bonds is 14. The van der Waals surface area contributed by atoms with Gasteiger partial charge in [0.05, 0.1) is 24.1 Å². The zero-order valence-corrected chi connectivity index (χ0v) is 26.4. The molecule has 226 valence electrons. The molecule has 2 amide bonds. The van der Waals surface area contributed by atoms with E-state index in [0.717, 1.165) is 22.9 Å². The summed E-state index contributed by atoms with van der Waals surface area (Å²) in [6.45, 7) is 6.05. The van der Waals surface area contributed by atoms with E-state index < -0.39 is 16.1 Å². The highest BCUT2D eigenvalue weighted by Crippen LogP contribution is 2.30. The molecule has 1 atom stereocenters. The number of carbonyl (C=O) groups excluding carboxylic acids is 2. The monoisotopic (exact) mass is 613 g/mol. The van der Waals surface area contributed by atoms with E-state index in [1.807, 2.05) is 75.4 Å². The third-order valence-corrected chi connectivity index (χ3v) is 8.20. The highest BCUT2D eigenvalue weighted by molar-refractivity contribution is 7.92. The van der Waals surface area contributed by atoms with Crippen LogP contribution in [0.25, 0.3) is 0 Å². The fraction of sp³-hybridized carbons (Fsp3) is 0.375. The van der Waals surface area contributed by atoms with Crippen molar-refractivity contribution in [1.29, 1.82) is 0 Å². The van der Waals surface area contributed by atoms with Crippen molar-refractivity contribution in [3.05, 3.63) is 94.5 Å². The Hall–Kier alpha value is -3.56. The summed E-state index contributed by atoms with van der Waals surface area (Å²) in [5, 5.41) is 3.26. The Morgan fingerprint density at radius 1 is 0.976 bits per heavy atom. The number of nitrogens with zero attached hydrogens (tertiary/aromatic N) is 2. The van der Waals surface area contributed by atoms with Gasteiger partial charge in [-0.05, 0) is 56.5 Å². The standard InChI is InChI=1S/C32H40ClN3O5S/c1-23(2)34-32(38)29(20-25-12-7-6-8-13-25)35(22-26-14-9-11-24(3)19-26)31(37)15-10-18-36(42(5,39)40)27-16-17-30(41-4)28(33)21-27/h6-9,11-14,16-17,19,21,23,29H,10,15,18,20,22H2,1-5H3,(H,34,38)/t29-/m1/s1. The van der Waals surface area contributed by atoms with Gasteiger partial charge in [0, 0.05) is 32.0 Å². The van der Waals surface area contributed by atoms with Gasteiger partial charge in [-0.2, -0.15) is 0 Å². The number of ether oxygens (including phenoxy) is 1. The van der Waals surface area contributed by atoms with E-state index in [-0.39, 0.29) is 48.8 Å². The number of hydrogen-bond donors (Lipinski definition) is 1. The number of carbonyl (C=O) groups is 2. The molecule has 1 N–H and O–H groups in total. The number of hydrogen-bond acceptors (Lipinski definition) is 5. The molecule has 0 radical (unpaired) electrons. The van der Waals surface area contributed by atoms with Crippen LogP contribution < -0.4 is 14.4 Å². The van der Waals surface area contributed by atoms with Gasteiger partial charge < -0.3 is 15.0 Å². The lowest BCUT2D eigenvalue weighted by Crippen LogP contribution is -2.51. The molecule has 0 saturated carbocycles. The van der Waals surface area contributed by atoms with Crippen molar-refractivity contribution in [2.45, 2.75) is 58.7 Å². The average molecular weight is 614 g/mol. The van der Waals surface area contributed by atoms with Crippen molar-refractivity contribution in [2.75, 3.05) is 24.2 Å². The molecule has 42 heavy (non-hydrogen) atoms. The Kier molecular flexibility index (Phi) is 11.8. The first-order valence-corrected chi connectivity index (χ1v) is 16.1. The van der Waals surface area contributed by atoms with E-state index in [2.05, 4.69) is 5.32 Å². The van der Waals surface area contributed by atoms with Crippen LogP contribution in [0.5, 0.6) is 5.75 Å². The van der Waals surface area contributed by atoms with Crippen LogP contribution in [0, 0.1) is 6.92 Å². The second-order valence-electron chi connectivity index (χ2n) is 10.6. The Labute approximate surface area is 254 Å². The molecule has 3 aromatic carbocycles. The Morgan fingerprint density at radius 2 is 1.67 bits per heavy atom. The molecular weight excluding hydrogens is 574 g/mol. The molecule has 0 aliphatic rings. The second kappa shape index (κ2) is 15.1. The van der Waals surface area contributed by atoms with Gasteiger partial charge in [0.25, 0.3) is 0 Å². The first-order chi connectivity index (χ1) is 19.9. The van der Waals surface area contributed by atoms with Crippen LogP contribution in [0.4, 0.5) is 5.69 Å². The highest BCUT2D eigenvalue weighted by atomic mass is 35.5. The molecule has 3 rings (SSSR count). The fourth-order valence-electron chi connectivity index (χ4n) is 4.76. The summed E-state index contributed by atoms with van der Waals surface area (Å²) < 4.78 is 31.8. The summed E-state index contributed by atoms with van der Waals surface area (Å²) in [4.78, 5) is 29.0. The Bertz CT molecular complexity index is 1460. The van der Waals surface area contributed by atoms with Gasteiger partial charge in [0.2, 0.25) is 21.8 Å². The lowest BCUT2D eigenvalue weighted by atomic mass is 10.0. The maximum Gasteiger partial charge on any atom is 0.243 e. The summed E-state index contributed by atoms with van der Waals surface area (Å²) in [5.41, 5.74) is 3.27. The van der Waals surface area contributed by atoms with Gasteiger partial charge in [-0.25, -0.2) is 8.42 Å². The maximum atomic E-state index is 13.9. The number of sulfonamides is 1. The first kappa shape index (κ1) is 32.9. The molecule has 0 unspecified atom stereocenters. The number of anilines is 1. The quantitative estimate of drug-likeness (QED) is 0.264. The number of benzene rings is 3. The number of halogens is 1. The Balaban J connectivity index is 1.89. The molecule has 10 heteroatoms. The lowest BCUT2D eigenvalue weighted by molar-refractivity contribution is -0.141. The minimum absolute atomic E-state index is 0.0436. The topological polar surface area (TPSA) is 96.0 Å². The van der Waals surface area contributed by atoms with Gasteiger partial charge in [-0.1, -0.05) is 71.8 Å². The third-order valence-electron chi connectivity index (χ3n) is 6.71. The van der Waals surface area contributed by atoms with E-state index in [9.17, 15) is 18.0 Å². The molecule has 3 aromatic rings. The van der Waals surface area contributed by atoms with Gasteiger partial charge in [0.15, 0.2) is 0 Å². The van der Waals surface area contributed by atoms with Crippen molar-refractivity contribution in [3.8, 4) is 5.75 Å². The lowest BCUT2D eigenvalue weighted by Gasteiger charge is -2.32. The second-order valence-corrected chi connectivity index (χ2v) is 13.0. The van der Waals surface area contributed by atoms with Crippen molar-refractivity contribution in [1.82, 2.24) is 10.2 Å². The largest absolute Gasteiger partial charge is 0.495 e. The van der Waals surface area contributed by atoms with Crippen LogP contribution in [0.3, 0.4) is 0 Å². The molecule has 0 aliphatic carbocycles. The smallest absolute Gasteiger partial charge is 0.243 e. The van der Waals surface area contributed by atoms with Crippen LogP contribution in [0.15, 0.2) is 72.8 Å². The molecule has 0 heterocycles. The third kappa shape index (κ3) is 9.49. The predicted molar refractivity (Wildman–Crippen MR) is 168 cm³/mol. The number of nitrogens with one attached hydrogen (secondary N) is 1. The van der Waals surface area contributed by atoms with Gasteiger partial charge in [0.1, 0.15) is 11.8 Å². The molecule has 0 aromatic heterocycles. The average Bonchev–Trinajstić information content (AvgIpc) is 2.92. The number of amides is 2. The van der Waals surface area contributed by atoms with E-state index in [1.165, 1.54) is 17.5 Å². The van der Waals surface area contributed by atoms with Crippen LogP contribution in [0.1, 0.15) is 43.4 Å². The first-order valence-electron chi connectivity index (χ1n) is 13.9. The van der Waals surface area contributed by atoms with Crippen molar-refractivity contribution in [3.63, 3.8) is 0 Å². The molecule has 8 nitrogen and oxygen atoms in total. The molecule has 0 aliphatic heterocycles. The van der Waals surface area contributed by atoms with Gasteiger partial charge in [-0.3, -0.25) is 13.9 Å². The van der Waals surface area contributed by atoms with E-state index >= 15 is 0 Å².